The van der Waals surface area contributed by atoms with Crippen molar-refractivity contribution in [3.05, 3.63) is 88.9 Å². The van der Waals surface area contributed by atoms with Gasteiger partial charge in [-0.1, -0.05) is 58.4 Å². The van der Waals surface area contributed by atoms with E-state index in [1.54, 1.807) is 36.4 Å². The summed E-state index contributed by atoms with van der Waals surface area (Å²) in [4.78, 5) is 12.9. The van der Waals surface area contributed by atoms with Crippen LogP contribution in [-0.2, 0) is 21.2 Å². The molecule has 0 fully saturated rings. The molecular formula is C23H21BrN2O4S. The van der Waals surface area contributed by atoms with Crippen LogP contribution in [0.5, 0.6) is 5.75 Å². The fourth-order valence-corrected chi connectivity index (χ4v) is 5.13. The second-order valence-corrected chi connectivity index (χ2v) is 9.87. The van der Waals surface area contributed by atoms with Crippen LogP contribution in [0.3, 0.4) is 0 Å². The van der Waals surface area contributed by atoms with Crippen molar-refractivity contribution >= 4 is 37.5 Å². The van der Waals surface area contributed by atoms with Crippen molar-refractivity contribution in [1.82, 2.24) is 5.32 Å². The molecule has 0 aliphatic carbocycles. The molecule has 0 saturated heterocycles. The monoisotopic (exact) mass is 500 g/mol. The number of nitrogens with one attached hydrogen (secondary N) is 1. The van der Waals surface area contributed by atoms with E-state index in [0.29, 0.717) is 24.4 Å². The molecule has 8 heteroatoms. The van der Waals surface area contributed by atoms with E-state index < -0.39 is 16.1 Å². The van der Waals surface area contributed by atoms with E-state index in [1.165, 1.54) is 16.4 Å². The summed E-state index contributed by atoms with van der Waals surface area (Å²) in [5, 5.41) is 2.86. The van der Waals surface area contributed by atoms with Crippen LogP contribution >= 0.6 is 15.9 Å². The molecule has 1 amide bonds. The standard InChI is InChI=1S/C23H21BrN2O4S/c24-18-10-12-19(13-11-18)31(28,29)26-16-22(30-21-9-5-4-8-20(21)26)23(27)25-15-14-17-6-2-1-3-7-17/h1-13,22H,14-16H2,(H,25,27)/t22-/m1/s1. The topological polar surface area (TPSA) is 75.7 Å². The number of sulfonamides is 1. The highest BCUT2D eigenvalue weighted by atomic mass is 79.9. The molecule has 1 heterocycles. The first-order valence-corrected chi connectivity index (χ1v) is 12.0. The highest BCUT2D eigenvalue weighted by Gasteiger charge is 2.37. The van der Waals surface area contributed by atoms with Crippen molar-refractivity contribution in [3.63, 3.8) is 0 Å². The van der Waals surface area contributed by atoms with Crippen LogP contribution in [0.4, 0.5) is 5.69 Å². The number of anilines is 1. The van der Waals surface area contributed by atoms with Gasteiger partial charge in [-0.2, -0.15) is 0 Å². The molecule has 1 aliphatic heterocycles. The summed E-state index contributed by atoms with van der Waals surface area (Å²) in [7, 11) is -3.87. The van der Waals surface area contributed by atoms with Crippen LogP contribution in [0.25, 0.3) is 0 Å². The van der Waals surface area contributed by atoms with E-state index in [-0.39, 0.29) is 17.3 Å². The second-order valence-electron chi connectivity index (χ2n) is 7.09. The highest BCUT2D eigenvalue weighted by molar-refractivity contribution is 9.10. The molecule has 0 spiro atoms. The molecule has 0 bridgehead atoms. The first kappa shape index (κ1) is 21.4. The van der Waals surface area contributed by atoms with Gasteiger partial charge in [0.2, 0.25) is 0 Å². The Morgan fingerprint density at radius 3 is 2.42 bits per heavy atom. The average Bonchev–Trinajstić information content (AvgIpc) is 2.79. The van der Waals surface area contributed by atoms with Gasteiger partial charge in [0.1, 0.15) is 5.75 Å². The Morgan fingerprint density at radius 2 is 1.68 bits per heavy atom. The van der Waals surface area contributed by atoms with E-state index in [9.17, 15) is 13.2 Å². The van der Waals surface area contributed by atoms with Crippen molar-refractivity contribution < 1.29 is 17.9 Å². The van der Waals surface area contributed by atoms with E-state index in [2.05, 4.69) is 21.2 Å². The fraction of sp³-hybridized carbons (Fsp3) is 0.174. The largest absolute Gasteiger partial charge is 0.476 e. The van der Waals surface area contributed by atoms with Gasteiger partial charge in [-0.25, -0.2) is 8.42 Å². The van der Waals surface area contributed by atoms with E-state index >= 15 is 0 Å². The first-order chi connectivity index (χ1) is 14.9. The molecule has 160 valence electrons. The molecule has 6 nitrogen and oxygen atoms in total. The van der Waals surface area contributed by atoms with Crippen molar-refractivity contribution in [3.8, 4) is 5.75 Å². The number of ether oxygens (including phenoxy) is 1. The Hall–Kier alpha value is -2.84. The Bertz CT molecular complexity index is 1170. The summed E-state index contributed by atoms with van der Waals surface area (Å²) in [5.41, 5.74) is 1.52. The zero-order chi connectivity index (χ0) is 21.8. The number of carbonyl (C=O) groups is 1. The Labute approximate surface area is 190 Å². The predicted octanol–water partition coefficient (Wildman–Crippen LogP) is 3.76. The minimum atomic E-state index is -3.87. The minimum absolute atomic E-state index is 0.105. The van der Waals surface area contributed by atoms with E-state index in [0.717, 1.165) is 10.0 Å². The van der Waals surface area contributed by atoms with Gasteiger partial charge >= 0.3 is 0 Å². The van der Waals surface area contributed by atoms with Crippen LogP contribution < -0.4 is 14.4 Å². The van der Waals surface area contributed by atoms with Crippen molar-refractivity contribution in [2.24, 2.45) is 0 Å². The SMILES string of the molecule is O=C(NCCc1ccccc1)[C@H]1CN(S(=O)(=O)c2ccc(Br)cc2)c2ccccc2O1. The number of hydrogen-bond acceptors (Lipinski definition) is 4. The van der Waals surface area contributed by atoms with Gasteiger partial charge in [0.05, 0.1) is 17.1 Å². The van der Waals surface area contributed by atoms with Gasteiger partial charge in [0, 0.05) is 11.0 Å². The number of nitrogens with zero attached hydrogens (tertiary/aromatic N) is 1. The molecule has 1 N–H and O–H groups in total. The molecule has 3 aromatic rings. The molecule has 0 radical (unpaired) electrons. The molecular weight excluding hydrogens is 480 g/mol. The summed E-state index contributed by atoms with van der Waals surface area (Å²) < 4.78 is 34.6. The molecule has 1 aliphatic rings. The maximum atomic E-state index is 13.4. The third-order valence-corrected chi connectivity index (χ3v) is 7.31. The fourth-order valence-electron chi connectivity index (χ4n) is 3.39. The molecule has 0 aromatic heterocycles. The lowest BCUT2D eigenvalue weighted by Crippen LogP contribution is -2.51. The van der Waals surface area contributed by atoms with Gasteiger partial charge in [-0.3, -0.25) is 9.10 Å². The summed E-state index contributed by atoms with van der Waals surface area (Å²) in [5.74, 6) is 0.0130. The Morgan fingerprint density at radius 1 is 1.00 bits per heavy atom. The summed E-state index contributed by atoms with van der Waals surface area (Å²) in [6.45, 7) is 0.330. The maximum absolute atomic E-state index is 13.4. The van der Waals surface area contributed by atoms with Crippen LogP contribution in [0.1, 0.15) is 5.56 Å². The van der Waals surface area contributed by atoms with Gasteiger partial charge in [-0.05, 0) is 48.4 Å². The number of para-hydroxylation sites is 2. The number of benzene rings is 3. The summed E-state index contributed by atoms with van der Waals surface area (Å²) in [6, 6.07) is 23.1. The third kappa shape index (κ3) is 4.75. The van der Waals surface area contributed by atoms with Crippen LogP contribution in [-0.4, -0.2) is 33.5 Å². The lowest BCUT2D eigenvalue weighted by molar-refractivity contribution is -0.127. The third-order valence-electron chi connectivity index (χ3n) is 4.98. The molecule has 1 atom stereocenters. The van der Waals surface area contributed by atoms with Crippen molar-refractivity contribution in [2.45, 2.75) is 17.4 Å². The number of carbonyl (C=O) groups excluding carboxylic acids is 1. The predicted molar refractivity (Wildman–Crippen MR) is 123 cm³/mol. The number of halogens is 1. The maximum Gasteiger partial charge on any atom is 0.264 e. The Kier molecular flexibility index (Phi) is 6.29. The normalized spacial score (nSPS) is 15.6. The number of amides is 1. The quantitative estimate of drug-likeness (QED) is 0.558. The molecule has 0 unspecified atom stereocenters. The van der Waals surface area contributed by atoms with Gasteiger partial charge in [0.15, 0.2) is 6.10 Å². The molecule has 31 heavy (non-hydrogen) atoms. The number of fused-ring (bicyclic) bond motifs is 1. The highest BCUT2D eigenvalue weighted by Crippen LogP contribution is 2.36. The summed E-state index contributed by atoms with van der Waals surface area (Å²) in [6.07, 6.45) is -0.271. The number of rotatable bonds is 6. The van der Waals surface area contributed by atoms with Crippen LogP contribution in [0.15, 0.2) is 88.2 Å². The van der Waals surface area contributed by atoms with Crippen molar-refractivity contribution in [1.29, 1.82) is 0 Å². The molecule has 3 aromatic carbocycles. The molecule has 0 saturated carbocycles. The first-order valence-electron chi connectivity index (χ1n) is 9.81. The summed E-state index contributed by atoms with van der Waals surface area (Å²) >= 11 is 3.32. The lowest BCUT2D eigenvalue weighted by atomic mass is 10.1. The van der Waals surface area contributed by atoms with Crippen LogP contribution in [0.2, 0.25) is 0 Å². The zero-order valence-electron chi connectivity index (χ0n) is 16.6. The van der Waals surface area contributed by atoms with E-state index in [4.69, 9.17) is 4.74 Å². The second kappa shape index (κ2) is 9.11. The van der Waals surface area contributed by atoms with Gasteiger partial charge in [-0.15, -0.1) is 0 Å². The average molecular weight is 501 g/mol. The Balaban J connectivity index is 1.54. The van der Waals surface area contributed by atoms with Crippen molar-refractivity contribution in [2.75, 3.05) is 17.4 Å². The number of hydrogen-bond donors (Lipinski definition) is 1. The minimum Gasteiger partial charge on any atom is -0.476 e. The smallest absolute Gasteiger partial charge is 0.264 e. The van der Waals surface area contributed by atoms with Crippen LogP contribution in [0, 0.1) is 0 Å². The van der Waals surface area contributed by atoms with Gasteiger partial charge < -0.3 is 10.1 Å². The zero-order valence-corrected chi connectivity index (χ0v) is 19.0. The lowest BCUT2D eigenvalue weighted by Gasteiger charge is -2.34. The molecule has 4 rings (SSSR count). The van der Waals surface area contributed by atoms with Gasteiger partial charge in [0.25, 0.3) is 15.9 Å². The van der Waals surface area contributed by atoms with E-state index in [1.807, 2.05) is 30.3 Å².